The summed E-state index contributed by atoms with van der Waals surface area (Å²) in [6.07, 6.45) is 0. The van der Waals surface area contributed by atoms with E-state index in [-0.39, 0.29) is 5.75 Å². The first kappa shape index (κ1) is 13.5. The van der Waals surface area contributed by atoms with Gasteiger partial charge in [-0.05, 0) is 19.4 Å². The van der Waals surface area contributed by atoms with Gasteiger partial charge in [0.1, 0.15) is 11.0 Å². The van der Waals surface area contributed by atoms with E-state index in [4.69, 9.17) is 9.47 Å². The average Bonchev–Trinajstić information content (AvgIpc) is 2.29. The third-order valence-corrected chi connectivity index (χ3v) is 5.19. The number of benzene rings is 1. The van der Waals surface area contributed by atoms with Gasteiger partial charge in [-0.2, -0.15) is 0 Å². The predicted octanol–water partition coefficient (Wildman–Crippen LogP) is 1.93. The topological polar surface area (TPSA) is 52.6 Å². The van der Waals surface area contributed by atoms with Crippen LogP contribution in [0.15, 0.2) is 30.3 Å². The van der Waals surface area contributed by atoms with Gasteiger partial charge in [0.25, 0.3) is 0 Å². The lowest BCUT2D eigenvalue weighted by Gasteiger charge is -2.47. The van der Waals surface area contributed by atoms with Crippen molar-refractivity contribution in [2.24, 2.45) is 0 Å². The van der Waals surface area contributed by atoms with Crippen LogP contribution in [0.25, 0.3) is 0 Å². The maximum atomic E-state index is 12.0. The molecule has 0 unspecified atom stereocenters. The van der Waals surface area contributed by atoms with Gasteiger partial charge in [0.05, 0.1) is 0 Å². The predicted molar refractivity (Wildman–Crippen MR) is 69.0 cm³/mol. The minimum Gasteiger partial charge on any atom is -0.348 e. The highest BCUT2D eigenvalue weighted by Gasteiger charge is 2.61. The lowest BCUT2D eigenvalue weighted by atomic mass is 10.0. The van der Waals surface area contributed by atoms with Crippen molar-refractivity contribution in [3.63, 3.8) is 0 Å². The summed E-state index contributed by atoms with van der Waals surface area (Å²) in [5, 5.41) is -0.717. The second-order valence-electron chi connectivity index (χ2n) is 4.28. The van der Waals surface area contributed by atoms with E-state index in [1.54, 1.807) is 12.1 Å². The second kappa shape index (κ2) is 4.99. The van der Waals surface area contributed by atoms with E-state index in [0.717, 1.165) is 5.56 Å². The first-order chi connectivity index (χ1) is 8.56. The summed E-state index contributed by atoms with van der Waals surface area (Å²) in [6, 6.07) is 9.11. The lowest BCUT2D eigenvalue weighted by Crippen LogP contribution is -2.60. The van der Waals surface area contributed by atoms with Gasteiger partial charge in [0, 0.05) is 13.2 Å². The molecule has 18 heavy (non-hydrogen) atoms. The van der Waals surface area contributed by atoms with Gasteiger partial charge in [-0.15, -0.1) is 0 Å². The zero-order valence-electron chi connectivity index (χ0n) is 10.6. The van der Waals surface area contributed by atoms with E-state index in [1.807, 2.05) is 32.0 Å². The third kappa shape index (κ3) is 2.18. The highest BCUT2D eigenvalue weighted by atomic mass is 32.2. The Morgan fingerprint density at radius 1 is 1.17 bits per heavy atom. The second-order valence-corrected chi connectivity index (χ2v) is 6.36. The quantitative estimate of drug-likeness (QED) is 0.767. The molecule has 1 saturated heterocycles. The van der Waals surface area contributed by atoms with E-state index < -0.39 is 20.9 Å². The molecular formula is C13H18O4S. The number of rotatable bonds is 5. The third-order valence-electron chi connectivity index (χ3n) is 3.04. The van der Waals surface area contributed by atoms with Crippen molar-refractivity contribution in [3.8, 4) is 0 Å². The first-order valence-corrected chi connectivity index (χ1v) is 7.81. The van der Waals surface area contributed by atoms with Crippen molar-refractivity contribution < 1.29 is 17.9 Å². The summed E-state index contributed by atoms with van der Waals surface area (Å²) in [5.74, 6) is -1.08. The van der Waals surface area contributed by atoms with Crippen molar-refractivity contribution in [1.29, 1.82) is 0 Å². The molecule has 100 valence electrons. The van der Waals surface area contributed by atoms with Crippen LogP contribution in [0.2, 0.25) is 0 Å². The Hall–Kier alpha value is -0.910. The van der Waals surface area contributed by atoms with Gasteiger partial charge in [0.2, 0.25) is 5.79 Å². The van der Waals surface area contributed by atoms with Gasteiger partial charge in [-0.3, -0.25) is 0 Å². The van der Waals surface area contributed by atoms with Crippen LogP contribution in [-0.2, 0) is 19.3 Å². The van der Waals surface area contributed by atoms with Crippen LogP contribution in [0, 0.1) is 0 Å². The molecule has 5 heteroatoms. The Labute approximate surface area is 108 Å². The monoisotopic (exact) mass is 270 g/mol. The minimum atomic E-state index is -3.18. The molecular weight excluding hydrogens is 252 g/mol. The maximum Gasteiger partial charge on any atom is 0.203 e. The molecule has 0 aromatic heterocycles. The Morgan fingerprint density at radius 2 is 1.72 bits per heavy atom. The van der Waals surface area contributed by atoms with Crippen LogP contribution in [-0.4, -0.2) is 33.2 Å². The largest absolute Gasteiger partial charge is 0.348 e. The summed E-state index contributed by atoms with van der Waals surface area (Å²) in [7, 11) is -3.18. The van der Waals surface area contributed by atoms with Crippen LogP contribution < -0.4 is 0 Å². The molecule has 1 aromatic carbocycles. The molecule has 1 atom stereocenters. The summed E-state index contributed by atoms with van der Waals surface area (Å²) in [4.78, 5) is 0. The van der Waals surface area contributed by atoms with Crippen molar-refractivity contribution in [1.82, 2.24) is 0 Å². The Morgan fingerprint density at radius 3 is 2.17 bits per heavy atom. The minimum absolute atomic E-state index is 0.0682. The van der Waals surface area contributed by atoms with E-state index in [1.165, 1.54) is 0 Å². The summed E-state index contributed by atoms with van der Waals surface area (Å²) < 4.78 is 35.3. The van der Waals surface area contributed by atoms with Crippen molar-refractivity contribution >= 4 is 9.84 Å². The summed E-state index contributed by atoms with van der Waals surface area (Å²) in [5.41, 5.74) is 0.727. The molecule has 0 amide bonds. The zero-order chi connectivity index (χ0) is 13.2. The van der Waals surface area contributed by atoms with Gasteiger partial charge in [-0.25, -0.2) is 8.42 Å². The number of ether oxygens (including phenoxy) is 2. The van der Waals surface area contributed by atoms with Crippen molar-refractivity contribution in [3.05, 3.63) is 35.9 Å². The van der Waals surface area contributed by atoms with Gasteiger partial charge < -0.3 is 9.47 Å². The molecule has 0 saturated carbocycles. The molecule has 1 heterocycles. The van der Waals surface area contributed by atoms with E-state index >= 15 is 0 Å². The maximum absolute atomic E-state index is 12.0. The van der Waals surface area contributed by atoms with Gasteiger partial charge in [-0.1, -0.05) is 30.3 Å². The summed E-state index contributed by atoms with van der Waals surface area (Å²) >= 11 is 0. The number of sulfone groups is 1. The van der Waals surface area contributed by atoms with Crippen LogP contribution >= 0.6 is 0 Å². The molecule has 1 aliphatic rings. The number of hydrogen-bond acceptors (Lipinski definition) is 4. The molecule has 1 aromatic rings. The molecule has 0 N–H and O–H groups in total. The van der Waals surface area contributed by atoms with E-state index in [2.05, 4.69) is 0 Å². The molecule has 1 fully saturated rings. The highest BCUT2D eigenvalue weighted by molar-refractivity contribution is 7.93. The standard InChI is InChI=1S/C13H18O4S/c1-3-16-13(17-4-2)10-18(14,15)12(13)11-8-6-5-7-9-11/h5-9,12H,3-4,10H2,1-2H3/t12-/m1/s1. The zero-order valence-corrected chi connectivity index (χ0v) is 11.4. The van der Waals surface area contributed by atoms with Gasteiger partial charge in [0.15, 0.2) is 9.84 Å². The normalized spacial score (nSPS) is 24.4. The number of hydrogen-bond donors (Lipinski definition) is 0. The van der Waals surface area contributed by atoms with Crippen LogP contribution in [0.5, 0.6) is 0 Å². The first-order valence-electron chi connectivity index (χ1n) is 6.10. The molecule has 1 aliphatic heterocycles. The fourth-order valence-electron chi connectivity index (χ4n) is 2.47. The molecule has 0 bridgehead atoms. The van der Waals surface area contributed by atoms with Crippen molar-refractivity contribution in [2.75, 3.05) is 19.0 Å². The fraction of sp³-hybridized carbons (Fsp3) is 0.538. The molecule has 4 nitrogen and oxygen atoms in total. The Bertz CT molecular complexity index is 489. The van der Waals surface area contributed by atoms with Crippen LogP contribution in [0.3, 0.4) is 0 Å². The fourth-order valence-corrected chi connectivity index (χ4v) is 4.57. The molecule has 0 radical (unpaired) electrons. The highest BCUT2D eigenvalue weighted by Crippen LogP contribution is 2.48. The van der Waals surface area contributed by atoms with E-state index in [9.17, 15) is 8.42 Å². The van der Waals surface area contributed by atoms with E-state index in [0.29, 0.717) is 13.2 Å². The van der Waals surface area contributed by atoms with Gasteiger partial charge >= 0.3 is 0 Å². The smallest absolute Gasteiger partial charge is 0.203 e. The molecule has 2 rings (SSSR count). The summed E-state index contributed by atoms with van der Waals surface area (Å²) in [6.45, 7) is 4.54. The molecule has 0 spiro atoms. The SMILES string of the molecule is CCOC1(OCC)CS(=O)(=O)[C@@H]1c1ccccc1. The van der Waals surface area contributed by atoms with Crippen molar-refractivity contribution in [2.45, 2.75) is 24.9 Å². The lowest BCUT2D eigenvalue weighted by molar-refractivity contribution is -0.230. The van der Waals surface area contributed by atoms with Crippen LogP contribution in [0.1, 0.15) is 24.7 Å². The Kier molecular flexibility index (Phi) is 3.75. The Balaban J connectivity index is 2.38. The molecule has 0 aliphatic carbocycles. The van der Waals surface area contributed by atoms with Crippen LogP contribution in [0.4, 0.5) is 0 Å². The average molecular weight is 270 g/mol.